The molecule has 7 nitrogen and oxygen atoms in total. The van der Waals surface area contributed by atoms with E-state index in [1.807, 2.05) is 18.2 Å². The molecule has 1 aromatic carbocycles. The molecule has 0 atom stereocenters. The number of hydrogen-bond acceptors (Lipinski definition) is 7. The molecule has 0 saturated carbocycles. The minimum absolute atomic E-state index is 0.137. The summed E-state index contributed by atoms with van der Waals surface area (Å²) in [4.78, 5) is 14.4. The maximum absolute atomic E-state index is 6.07. The van der Waals surface area contributed by atoms with Crippen LogP contribution in [-0.4, -0.2) is 38.7 Å². The smallest absolute Gasteiger partial charge is 0.175 e. The van der Waals surface area contributed by atoms with Crippen LogP contribution in [0.2, 0.25) is 0 Å². The summed E-state index contributed by atoms with van der Waals surface area (Å²) in [6.07, 6.45) is 3.54. The van der Waals surface area contributed by atoms with E-state index in [1.54, 1.807) is 18.9 Å². The summed E-state index contributed by atoms with van der Waals surface area (Å²) in [5.74, 6) is 1.22. The number of nitrogen functional groups attached to an aromatic ring is 1. The Labute approximate surface area is 189 Å². The van der Waals surface area contributed by atoms with Gasteiger partial charge in [0.1, 0.15) is 12.1 Å². The van der Waals surface area contributed by atoms with E-state index < -0.39 is 0 Å². The molecular weight excluding hydrogens is 499 g/mol. The van der Waals surface area contributed by atoms with E-state index in [2.05, 4.69) is 63.2 Å². The fourth-order valence-corrected chi connectivity index (χ4v) is 4.42. The molecule has 0 spiro atoms. The van der Waals surface area contributed by atoms with Gasteiger partial charge in [-0.1, -0.05) is 18.7 Å². The molecule has 29 heavy (non-hydrogen) atoms. The molecule has 2 heterocycles. The van der Waals surface area contributed by atoms with Gasteiger partial charge in [-0.25, -0.2) is 15.0 Å². The first-order chi connectivity index (χ1) is 13.8. The van der Waals surface area contributed by atoms with E-state index in [1.165, 1.54) is 6.33 Å². The Morgan fingerprint density at radius 1 is 1.31 bits per heavy atom. The Morgan fingerprint density at radius 3 is 2.83 bits per heavy atom. The van der Waals surface area contributed by atoms with Gasteiger partial charge in [-0.3, -0.25) is 0 Å². The predicted molar refractivity (Wildman–Crippen MR) is 127 cm³/mol. The highest BCUT2D eigenvalue weighted by Crippen LogP contribution is 2.35. The van der Waals surface area contributed by atoms with Crippen molar-refractivity contribution in [3.63, 3.8) is 0 Å². The number of hydrogen-bond donors (Lipinski definition) is 2. The van der Waals surface area contributed by atoms with Crippen molar-refractivity contribution in [2.75, 3.05) is 19.4 Å². The Morgan fingerprint density at radius 2 is 2.10 bits per heavy atom. The third-order valence-corrected chi connectivity index (χ3v) is 7.27. The van der Waals surface area contributed by atoms with Crippen molar-refractivity contribution in [3.8, 4) is 5.75 Å². The van der Waals surface area contributed by atoms with Crippen molar-refractivity contribution in [2.45, 2.75) is 55.7 Å². The Hall–Kier alpha value is -1.59. The molecule has 0 aliphatic heterocycles. The maximum Gasteiger partial charge on any atom is 0.175 e. The standard InChI is InChI=1S/C20H27IN6OS/c1-5-20(2,3)25-9-6-10-27-18-16(17(22)23-12-24-18)26-19(27)29-15-11-13(28-4)7-8-14(15)21/h7-8,11-12,25H,5-6,9-10H2,1-4H3,(H2,22,23,24). The summed E-state index contributed by atoms with van der Waals surface area (Å²) in [6.45, 7) is 8.35. The van der Waals surface area contributed by atoms with E-state index in [0.717, 1.165) is 50.9 Å². The fraction of sp³-hybridized carbons (Fsp3) is 0.450. The van der Waals surface area contributed by atoms with Gasteiger partial charge in [0, 0.05) is 20.5 Å². The number of benzene rings is 1. The van der Waals surface area contributed by atoms with Gasteiger partial charge >= 0.3 is 0 Å². The van der Waals surface area contributed by atoms with E-state index in [9.17, 15) is 0 Å². The first-order valence-electron chi connectivity index (χ1n) is 9.57. The van der Waals surface area contributed by atoms with Crippen LogP contribution in [0.4, 0.5) is 5.82 Å². The fourth-order valence-electron chi connectivity index (χ4n) is 2.79. The summed E-state index contributed by atoms with van der Waals surface area (Å²) in [7, 11) is 1.67. The molecule has 3 rings (SSSR count). The minimum atomic E-state index is 0.137. The Kier molecular flexibility index (Phi) is 7.23. The second kappa shape index (κ2) is 9.48. The maximum atomic E-state index is 6.07. The van der Waals surface area contributed by atoms with Crippen LogP contribution in [0.15, 0.2) is 34.6 Å². The molecule has 0 radical (unpaired) electrons. The molecule has 3 aromatic rings. The van der Waals surface area contributed by atoms with Gasteiger partial charge in [-0.05, 0) is 74.0 Å². The number of imidazole rings is 1. The number of ether oxygens (including phenoxy) is 1. The highest BCUT2D eigenvalue weighted by molar-refractivity contribution is 14.1. The third kappa shape index (κ3) is 5.32. The number of anilines is 1. The predicted octanol–water partition coefficient (Wildman–Crippen LogP) is 4.34. The van der Waals surface area contributed by atoms with Gasteiger partial charge in [0.15, 0.2) is 22.1 Å². The topological polar surface area (TPSA) is 90.9 Å². The molecule has 2 aromatic heterocycles. The summed E-state index contributed by atoms with van der Waals surface area (Å²) >= 11 is 3.92. The van der Waals surface area contributed by atoms with E-state index in [0.29, 0.717) is 11.3 Å². The summed E-state index contributed by atoms with van der Waals surface area (Å²) in [5, 5.41) is 4.46. The van der Waals surface area contributed by atoms with Gasteiger partial charge in [-0.2, -0.15) is 0 Å². The molecular formula is C20H27IN6OS. The number of fused-ring (bicyclic) bond motifs is 1. The zero-order valence-corrected chi connectivity index (χ0v) is 20.2. The van der Waals surface area contributed by atoms with E-state index in [4.69, 9.17) is 15.5 Å². The van der Waals surface area contributed by atoms with Crippen LogP contribution in [0.1, 0.15) is 33.6 Å². The van der Waals surface area contributed by atoms with Gasteiger partial charge in [0.2, 0.25) is 0 Å². The summed E-state index contributed by atoms with van der Waals surface area (Å²) < 4.78 is 8.65. The van der Waals surface area contributed by atoms with Crippen LogP contribution < -0.4 is 15.8 Å². The lowest BCUT2D eigenvalue weighted by atomic mass is 10.0. The molecule has 0 amide bonds. The molecule has 0 unspecified atom stereocenters. The van der Waals surface area contributed by atoms with Crippen LogP contribution in [-0.2, 0) is 6.54 Å². The zero-order chi connectivity index (χ0) is 21.0. The number of methoxy groups -OCH3 is 1. The van der Waals surface area contributed by atoms with Crippen LogP contribution in [0.25, 0.3) is 11.2 Å². The number of rotatable bonds is 9. The van der Waals surface area contributed by atoms with Crippen LogP contribution in [0.3, 0.4) is 0 Å². The molecule has 156 valence electrons. The largest absolute Gasteiger partial charge is 0.497 e. The zero-order valence-electron chi connectivity index (χ0n) is 17.2. The monoisotopic (exact) mass is 526 g/mol. The molecule has 9 heteroatoms. The molecule has 0 saturated heterocycles. The second-order valence-electron chi connectivity index (χ2n) is 7.39. The van der Waals surface area contributed by atoms with E-state index in [-0.39, 0.29) is 5.54 Å². The number of nitrogens with two attached hydrogens (primary N) is 1. The number of nitrogens with one attached hydrogen (secondary N) is 1. The molecule has 0 fully saturated rings. The Balaban J connectivity index is 1.88. The van der Waals surface area contributed by atoms with E-state index >= 15 is 0 Å². The normalized spacial score (nSPS) is 11.9. The van der Waals surface area contributed by atoms with Crippen LogP contribution in [0.5, 0.6) is 5.75 Å². The summed E-state index contributed by atoms with van der Waals surface area (Å²) in [5.41, 5.74) is 7.62. The van der Waals surface area contributed by atoms with Gasteiger partial charge in [0.25, 0.3) is 0 Å². The minimum Gasteiger partial charge on any atom is -0.497 e. The third-order valence-electron chi connectivity index (χ3n) is 4.91. The quantitative estimate of drug-likeness (QED) is 0.317. The SMILES string of the molecule is CCC(C)(C)NCCCn1c(Sc2cc(OC)ccc2I)nc2c(N)ncnc21. The lowest BCUT2D eigenvalue weighted by Gasteiger charge is -2.24. The first kappa shape index (κ1) is 22.1. The summed E-state index contributed by atoms with van der Waals surface area (Å²) in [6, 6.07) is 6.02. The van der Waals surface area contributed by atoms with Gasteiger partial charge < -0.3 is 20.4 Å². The molecule has 0 aliphatic carbocycles. The number of aryl methyl sites for hydroxylation is 1. The van der Waals surface area contributed by atoms with Crippen molar-refractivity contribution in [1.29, 1.82) is 0 Å². The van der Waals surface area contributed by atoms with Crippen molar-refractivity contribution in [1.82, 2.24) is 24.8 Å². The van der Waals surface area contributed by atoms with Crippen LogP contribution >= 0.6 is 34.4 Å². The number of halogens is 1. The Bertz CT molecular complexity index is 991. The van der Waals surface area contributed by atoms with Crippen molar-refractivity contribution in [2.24, 2.45) is 0 Å². The highest BCUT2D eigenvalue weighted by atomic mass is 127. The lowest BCUT2D eigenvalue weighted by Crippen LogP contribution is -2.39. The molecule has 0 bridgehead atoms. The van der Waals surface area contributed by atoms with Crippen LogP contribution in [0, 0.1) is 3.57 Å². The highest BCUT2D eigenvalue weighted by Gasteiger charge is 2.18. The second-order valence-corrected chi connectivity index (χ2v) is 9.56. The first-order valence-corrected chi connectivity index (χ1v) is 11.5. The van der Waals surface area contributed by atoms with Crippen molar-refractivity contribution < 1.29 is 4.74 Å². The average molecular weight is 526 g/mol. The van der Waals surface area contributed by atoms with Crippen molar-refractivity contribution >= 4 is 51.3 Å². The number of aromatic nitrogens is 4. The molecule has 0 aliphatic rings. The molecule has 3 N–H and O–H groups in total. The van der Waals surface area contributed by atoms with Gasteiger partial charge in [-0.15, -0.1) is 0 Å². The van der Waals surface area contributed by atoms with Crippen molar-refractivity contribution in [3.05, 3.63) is 28.1 Å². The lowest BCUT2D eigenvalue weighted by molar-refractivity contribution is 0.368. The average Bonchev–Trinajstić information content (AvgIpc) is 3.05. The van der Waals surface area contributed by atoms with Gasteiger partial charge in [0.05, 0.1) is 7.11 Å². The number of nitrogens with zero attached hydrogens (tertiary/aromatic N) is 4.